The molecule has 8 heteroatoms. The summed E-state index contributed by atoms with van der Waals surface area (Å²) in [7, 11) is 1.30. The molecule has 2 aromatic heterocycles. The third kappa shape index (κ3) is 5.28. The first-order valence-electron chi connectivity index (χ1n) is 8.34. The Balaban J connectivity index is 1.54. The predicted octanol–water partition coefficient (Wildman–Crippen LogP) is 4.53. The van der Waals surface area contributed by atoms with Crippen LogP contribution in [0.4, 0.5) is 5.69 Å². The van der Waals surface area contributed by atoms with Gasteiger partial charge in [-0.1, -0.05) is 12.1 Å². The van der Waals surface area contributed by atoms with Crippen molar-refractivity contribution in [1.82, 2.24) is 4.98 Å². The minimum absolute atomic E-state index is 0.331. The zero-order chi connectivity index (χ0) is 19.9. The van der Waals surface area contributed by atoms with Crippen molar-refractivity contribution in [2.75, 3.05) is 12.4 Å². The summed E-state index contributed by atoms with van der Waals surface area (Å²) in [5.74, 6) is -0.0753. The number of aryl methyl sites for hydroxylation is 1. The average molecular weight is 415 g/mol. The molecule has 0 saturated heterocycles. The van der Waals surface area contributed by atoms with Crippen molar-refractivity contribution in [2.45, 2.75) is 13.5 Å². The molecule has 0 atom stereocenters. The molecule has 0 unspecified atom stereocenters. The fraction of sp³-hybridized carbons (Fsp3) is 0.150. The Labute approximate surface area is 170 Å². The Hall–Kier alpha value is -2.97. The lowest BCUT2D eigenvalue weighted by molar-refractivity contribution is -0.111. The molecular weight excluding hydrogens is 396 g/mol. The lowest BCUT2D eigenvalue weighted by Crippen LogP contribution is -2.10. The van der Waals surface area contributed by atoms with E-state index in [0.717, 1.165) is 22.0 Å². The molecule has 0 fully saturated rings. The van der Waals surface area contributed by atoms with Crippen molar-refractivity contribution in [1.29, 1.82) is 0 Å². The quantitative estimate of drug-likeness (QED) is 0.454. The van der Waals surface area contributed by atoms with Crippen LogP contribution in [0, 0.1) is 6.92 Å². The molecule has 0 bridgehead atoms. The first-order chi connectivity index (χ1) is 13.5. The number of thiophene rings is 1. The number of nitrogens with one attached hydrogen (secondary N) is 1. The van der Waals surface area contributed by atoms with E-state index in [1.54, 1.807) is 28.9 Å². The van der Waals surface area contributed by atoms with Gasteiger partial charge in [-0.25, -0.2) is 9.78 Å². The molecule has 28 heavy (non-hydrogen) atoms. The van der Waals surface area contributed by atoms with Gasteiger partial charge in [0, 0.05) is 11.5 Å². The zero-order valence-electron chi connectivity index (χ0n) is 15.3. The number of ether oxygens (including phenoxy) is 2. The van der Waals surface area contributed by atoms with Crippen LogP contribution in [0.15, 0.2) is 47.2 Å². The van der Waals surface area contributed by atoms with Crippen LogP contribution >= 0.6 is 22.7 Å². The Morgan fingerprint density at radius 3 is 2.64 bits per heavy atom. The third-order valence-electron chi connectivity index (χ3n) is 3.65. The van der Waals surface area contributed by atoms with E-state index in [-0.39, 0.29) is 5.91 Å². The number of rotatable bonds is 7. The van der Waals surface area contributed by atoms with Crippen LogP contribution in [0.5, 0.6) is 5.75 Å². The molecule has 144 valence electrons. The number of hydrogen-bond donors (Lipinski definition) is 1. The van der Waals surface area contributed by atoms with E-state index in [1.807, 2.05) is 36.6 Å². The molecule has 6 nitrogen and oxygen atoms in total. The summed E-state index contributed by atoms with van der Waals surface area (Å²) in [5, 5.41) is 7.39. The van der Waals surface area contributed by atoms with Gasteiger partial charge in [0.05, 0.1) is 23.5 Å². The highest BCUT2D eigenvalue weighted by atomic mass is 32.1. The number of anilines is 1. The average Bonchev–Trinajstić information content (AvgIpc) is 3.33. The van der Waals surface area contributed by atoms with Crippen molar-refractivity contribution in [2.24, 2.45) is 0 Å². The lowest BCUT2D eigenvalue weighted by atomic mass is 10.2. The van der Waals surface area contributed by atoms with E-state index < -0.39 is 5.97 Å². The summed E-state index contributed by atoms with van der Waals surface area (Å²) < 4.78 is 10.4. The maximum Gasteiger partial charge on any atom is 0.350 e. The summed E-state index contributed by atoms with van der Waals surface area (Å²) in [6, 6.07) is 9.06. The molecule has 0 aliphatic rings. The molecular formula is C20H18N2O4S2. The first-order valence-corrected chi connectivity index (χ1v) is 10.1. The van der Waals surface area contributed by atoms with Gasteiger partial charge < -0.3 is 14.8 Å². The van der Waals surface area contributed by atoms with Crippen LogP contribution < -0.4 is 10.1 Å². The summed E-state index contributed by atoms with van der Waals surface area (Å²) in [6.07, 6.45) is 3.10. The van der Waals surface area contributed by atoms with E-state index in [0.29, 0.717) is 17.2 Å². The molecule has 0 aliphatic heterocycles. The van der Waals surface area contributed by atoms with Crippen molar-refractivity contribution in [3.8, 4) is 5.75 Å². The number of methoxy groups -OCH3 is 1. The fourth-order valence-electron chi connectivity index (χ4n) is 2.31. The van der Waals surface area contributed by atoms with E-state index in [2.05, 4.69) is 10.3 Å². The van der Waals surface area contributed by atoms with Crippen molar-refractivity contribution in [3.05, 3.63) is 68.3 Å². The van der Waals surface area contributed by atoms with Gasteiger partial charge in [-0.15, -0.1) is 22.7 Å². The zero-order valence-corrected chi connectivity index (χ0v) is 16.9. The van der Waals surface area contributed by atoms with Gasteiger partial charge in [0.1, 0.15) is 17.2 Å². The second-order valence-corrected chi connectivity index (χ2v) is 7.67. The van der Waals surface area contributed by atoms with E-state index >= 15 is 0 Å². The van der Waals surface area contributed by atoms with Crippen LogP contribution in [0.1, 0.15) is 25.9 Å². The summed E-state index contributed by atoms with van der Waals surface area (Å²) in [4.78, 5) is 28.5. The molecule has 0 spiro atoms. The Bertz CT molecular complexity index is 990. The molecule has 1 N–H and O–H groups in total. The van der Waals surface area contributed by atoms with E-state index in [9.17, 15) is 9.59 Å². The second kappa shape index (κ2) is 9.29. The summed E-state index contributed by atoms with van der Waals surface area (Å²) in [6.45, 7) is 2.38. The standard InChI is InChI=1S/C20H18N2O4S2/c1-13-21-15(12-28-13)11-26-16-6-3-14(4-7-16)5-8-18(23)22-17-9-10-27-19(17)20(24)25-2/h3-10,12H,11H2,1-2H3,(H,22,23)/b8-5+. The van der Waals surface area contributed by atoms with Gasteiger partial charge in [-0.3, -0.25) is 4.79 Å². The molecule has 1 amide bonds. The molecule has 0 aliphatic carbocycles. The number of carbonyl (C=O) groups excluding carboxylic acids is 2. The SMILES string of the molecule is COC(=O)c1sccc1NC(=O)/C=C/c1ccc(OCc2csc(C)n2)cc1. The normalized spacial score (nSPS) is 10.8. The Morgan fingerprint density at radius 2 is 1.96 bits per heavy atom. The smallest absolute Gasteiger partial charge is 0.350 e. The largest absolute Gasteiger partial charge is 0.487 e. The topological polar surface area (TPSA) is 77.5 Å². The highest BCUT2D eigenvalue weighted by molar-refractivity contribution is 7.12. The van der Waals surface area contributed by atoms with Gasteiger partial charge in [0.15, 0.2) is 0 Å². The maximum absolute atomic E-state index is 12.1. The first kappa shape index (κ1) is 19.8. The van der Waals surface area contributed by atoms with Crippen LogP contribution in [0.2, 0.25) is 0 Å². The summed E-state index contributed by atoms with van der Waals surface area (Å²) >= 11 is 2.81. The molecule has 0 radical (unpaired) electrons. The lowest BCUT2D eigenvalue weighted by Gasteiger charge is -2.04. The molecule has 3 rings (SSSR count). The second-order valence-electron chi connectivity index (χ2n) is 5.69. The van der Waals surface area contributed by atoms with Gasteiger partial charge in [0.25, 0.3) is 0 Å². The molecule has 0 saturated carbocycles. The highest BCUT2D eigenvalue weighted by Gasteiger charge is 2.14. The third-order valence-corrected chi connectivity index (χ3v) is 5.37. The van der Waals surface area contributed by atoms with Gasteiger partial charge in [0.2, 0.25) is 5.91 Å². The van der Waals surface area contributed by atoms with E-state index in [1.165, 1.54) is 24.5 Å². The molecule has 3 aromatic rings. The summed E-state index contributed by atoms with van der Waals surface area (Å²) in [5.41, 5.74) is 2.20. The van der Waals surface area contributed by atoms with Crippen LogP contribution in [-0.2, 0) is 16.1 Å². The fourth-order valence-corrected chi connectivity index (χ4v) is 3.67. The van der Waals surface area contributed by atoms with Crippen LogP contribution in [-0.4, -0.2) is 24.0 Å². The minimum atomic E-state index is -0.474. The number of nitrogens with zero attached hydrogens (tertiary/aromatic N) is 1. The predicted molar refractivity (Wildman–Crippen MR) is 111 cm³/mol. The maximum atomic E-state index is 12.1. The van der Waals surface area contributed by atoms with Gasteiger partial charge in [-0.05, 0) is 42.1 Å². The highest BCUT2D eigenvalue weighted by Crippen LogP contribution is 2.23. The van der Waals surface area contributed by atoms with Gasteiger partial charge >= 0.3 is 5.97 Å². The number of carbonyl (C=O) groups is 2. The van der Waals surface area contributed by atoms with Gasteiger partial charge in [-0.2, -0.15) is 0 Å². The molecule has 2 heterocycles. The Kier molecular flexibility index (Phi) is 6.57. The van der Waals surface area contributed by atoms with Crippen molar-refractivity contribution < 1.29 is 19.1 Å². The number of amides is 1. The number of esters is 1. The van der Waals surface area contributed by atoms with Crippen molar-refractivity contribution in [3.63, 3.8) is 0 Å². The number of hydrogen-bond acceptors (Lipinski definition) is 7. The number of benzene rings is 1. The van der Waals surface area contributed by atoms with Crippen LogP contribution in [0.25, 0.3) is 6.08 Å². The van der Waals surface area contributed by atoms with Crippen molar-refractivity contribution >= 4 is 46.3 Å². The van der Waals surface area contributed by atoms with Crippen LogP contribution in [0.3, 0.4) is 0 Å². The monoisotopic (exact) mass is 414 g/mol. The van der Waals surface area contributed by atoms with E-state index in [4.69, 9.17) is 9.47 Å². The minimum Gasteiger partial charge on any atom is -0.487 e. The number of thiazole rings is 1. The Morgan fingerprint density at radius 1 is 1.18 bits per heavy atom. The molecule has 1 aromatic carbocycles. The number of aromatic nitrogens is 1.